The molecule has 2 aliphatic rings. The smallest absolute Gasteiger partial charge is 0.119 e. The SMILES string of the molecule is CCCNC1c2cc(OC)ccc2CC1OCC1CC1. The summed E-state index contributed by atoms with van der Waals surface area (Å²) in [7, 11) is 1.73. The van der Waals surface area contributed by atoms with Crippen molar-refractivity contribution >= 4 is 0 Å². The molecule has 1 fully saturated rings. The van der Waals surface area contributed by atoms with Crippen LogP contribution >= 0.6 is 0 Å². The Bertz CT molecular complexity index is 456. The van der Waals surface area contributed by atoms with E-state index >= 15 is 0 Å². The monoisotopic (exact) mass is 275 g/mol. The van der Waals surface area contributed by atoms with Crippen molar-refractivity contribution in [2.24, 2.45) is 5.92 Å². The van der Waals surface area contributed by atoms with E-state index in [4.69, 9.17) is 9.47 Å². The first-order chi connectivity index (χ1) is 9.81. The zero-order valence-corrected chi connectivity index (χ0v) is 12.5. The normalized spacial score (nSPS) is 24.7. The van der Waals surface area contributed by atoms with E-state index in [-0.39, 0.29) is 6.10 Å². The Labute approximate surface area is 121 Å². The summed E-state index contributed by atoms with van der Waals surface area (Å²) < 4.78 is 11.6. The van der Waals surface area contributed by atoms with Gasteiger partial charge in [-0.25, -0.2) is 0 Å². The third-order valence-electron chi connectivity index (χ3n) is 4.34. The zero-order chi connectivity index (χ0) is 13.9. The average molecular weight is 275 g/mol. The predicted octanol–water partition coefficient (Wildman–Crippen LogP) is 3.09. The van der Waals surface area contributed by atoms with Crippen LogP contribution in [0.5, 0.6) is 5.75 Å². The molecule has 0 spiro atoms. The summed E-state index contributed by atoms with van der Waals surface area (Å²) in [6.07, 6.45) is 5.14. The summed E-state index contributed by atoms with van der Waals surface area (Å²) in [5, 5.41) is 3.65. The van der Waals surface area contributed by atoms with Crippen molar-refractivity contribution in [2.45, 2.75) is 44.8 Å². The third kappa shape index (κ3) is 2.99. The summed E-state index contributed by atoms with van der Waals surface area (Å²) >= 11 is 0. The molecule has 1 aromatic rings. The Morgan fingerprint density at radius 1 is 1.30 bits per heavy atom. The van der Waals surface area contributed by atoms with E-state index in [9.17, 15) is 0 Å². The largest absolute Gasteiger partial charge is 0.497 e. The standard InChI is InChI=1S/C17H25NO2/c1-3-8-18-17-15-10-14(19-2)7-6-13(15)9-16(17)20-11-12-4-5-12/h6-7,10,12,16-18H,3-5,8-9,11H2,1-2H3. The van der Waals surface area contributed by atoms with Gasteiger partial charge in [-0.15, -0.1) is 0 Å². The second-order valence-electron chi connectivity index (χ2n) is 6.02. The van der Waals surface area contributed by atoms with Gasteiger partial charge in [0.15, 0.2) is 0 Å². The van der Waals surface area contributed by atoms with Crippen LogP contribution < -0.4 is 10.1 Å². The molecule has 0 aromatic heterocycles. The van der Waals surface area contributed by atoms with Crippen molar-refractivity contribution in [1.29, 1.82) is 0 Å². The zero-order valence-electron chi connectivity index (χ0n) is 12.5. The number of rotatable bonds is 7. The van der Waals surface area contributed by atoms with Gasteiger partial charge in [0.2, 0.25) is 0 Å². The first-order valence-electron chi connectivity index (χ1n) is 7.83. The molecule has 20 heavy (non-hydrogen) atoms. The molecule has 1 aromatic carbocycles. The average Bonchev–Trinajstić information content (AvgIpc) is 3.24. The van der Waals surface area contributed by atoms with Crippen molar-refractivity contribution in [2.75, 3.05) is 20.3 Å². The van der Waals surface area contributed by atoms with Crippen LogP contribution in [-0.2, 0) is 11.2 Å². The highest BCUT2D eigenvalue weighted by Crippen LogP contribution is 2.37. The Balaban J connectivity index is 1.74. The maximum atomic E-state index is 6.19. The van der Waals surface area contributed by atoms with Gasteiger partial charge in [-0.1, -0.05) is 13.0 Å². The van der Waals surface area contributed by atoms with E-state index in [0.29, 0.717) is 6.04 Å². The van der Waals surface area contributed by atoms with Gasteiger partial charge in [-0.2, -0.15) is 0 Å². The van der Waals surface area contributed by atoms with E-state index in [2.05, 4.69) is 30.4 Å². The van der Waals surface area contributed by atoms with Crippen LogP contribution in [0.3, 0.4) is 0 Å². The lowest BCUT2D eigenvalue weighted by Gasteiger charge is -2.22. The van der Waals surface area contributed by atoms with Crippen LogP contribution in [0.4, 0.5) is 0 Å². The molecule has 110 valence electrons. The second-order valence-corrected chi connectivity index (χ2v) is 6.02. The maximum Gasteiger partial charge on any atom is 0.119 e. The van der Waals surface area contributed by atoms with Crippen molar-refractivity contribution in [3.05, 3.63) is 29.3 Å². The minimum atomic E-state index is 0.282. The third-order valence-corrected chi connectivity index (χ3v) is 4.34. The topological polar surface area (TPSA) is 30.5 Å². The summed E-state index contributed by atoms with van der Waals surface area (Å²) in [5.74, 6) is 1.76. The molecule has 2 unspecified atom stereocenters. The maximum absolute atomic E-state index is 6.19. The lowest BCUT2D eigenvalue weighted by Crippen LogP contribution is -2.32. The number of methoxy groups -OCH3 is 1. The van der Waals surface area contributed by atoms with Crippen LogP contribution in [0.1, 0.15) is 43.4 Å². The second kappa shape index (κ2) is 6.15. The Morgan fingerprint density at radius 3 is 2.85 bits per heavy atom. The molecule has 0 aliphatic heterocycles. The van der Waals surface area contributed by atoms with Gasteiger partial charge in [0.25, 0.3) is 0 Å². The first-order valence-corrected chi connectivity index (χ1v) is 7.83. The van der Waals surface area contributed by atoms with Gasteiger partial charge >= 0.3 is 0 Å². The molecule has 0 bridgehead atoms. The number of benzene rings is 1. The predicted molar refractivity (Wildman–Crippen MR) is 80.2 cm³/mol. The molecule has 3 nitrogen and oxygen atoms in total. The van der Waals surface area contributed by atoms with E-state index in [1.54, 1.807) is 7.11 Å². The van der Waals surface area contributed by atoms with Gasteiger partial charge < -0.3 is 14.8 Å². The minimum Gasteiger partial charge on any atom is -0.497 e. The van der Waals surface area contributed by atoms with E-state index < -0.39 is 0 Å². The van der Waals surface area contributed by atoms with E-state index in [0.717, 1.165) is 37.7 Å². The van der Waals surface area contributed by atoms with E-state index in [1.165, 1.54) is 24.0 Å². The van der Waals surface area contributed by atoms with Gasteiger partial charge in [-0.3, -0.25) is 0 Å². The lowest BCUT2D eigenvalue weighted by atomic mass is 10.1. The number of hydrogen-bond donors (Lipinski definition) is 1. The van der Waals surface area contributed by atoms with Crippen molar-refractivity contribution in [3.8, 4) is 5.75 Å². The highest BCUT2D eigenvalue weighted by atomic mass is 16.5. The fourth-order valence-electron chi connectivity index (χ4n) is 2.95. The fourth-order valence-corrected chi connectivity index (χ4v) is 2.95. The summed E-state index contributed by atoms with van der Waals surface area (Å²) in [4.78, 5) is 0. The van der Waals surface area contributed by atoms with Crippen molar-refractivity contribution < 1.29 is 9.47 Å². The molecule has 2 atom stereocenters. The molecule has 2 aliphatic carbocycles. The minimum absolute atomic E-state index is 0.282. The van der Waals surface area contributed by atoms with Crippen LogP contribution in [0.25, 0.3) is 0 Å². The summed E-state index contributed by atoms with van der Waals surface area (Å²) in [6.45, 7) is 4.17. The number of hydrogen-bond acceptors (Lipinski definition) is 3. The number of fused-ring (bicyclic) bond motifs is 1. The molecule has 1 saturated carbocycles. The highest BCUT2D eigenvalue weighted by Gasteiger charge is 2.34. The summed E-state index contributed by atoms with van der Waals surface area (Å²) in [5.41, 5.74) is 2.76. The molecule has 3 heteroatoms. The Hall–Kier alpha value is -1.06. The van der Waals surface area contributed by atoms with Crippen LogP contribution in [-0.4, -0.2) is 26.4 Å². The van der Waals surface area contributed by atoms with Crippen molar-refractivity contribution in [3.63, 3.8) is 0 Å². The van der Waals surface area contributed by atoms with Crippen molar-refractivity contribution in [1.82, 2.24) is 5.32 Å². The van der Waals surface area contributed by atoms with E-state index in [1.807, 2.05) is 0 Å². The fraction of sp³-hybridized carbons (Fsp3) is 0.647. The first kappa shape index (κ1) is 13.9. The summed E-state index contributed by atoms with van der Waals surface area (Å²) in [6, 6.07) is 6.73. The molecule has 3 rings (SSSR count). The molecular formula is C17H25NO2. The van der Waals surface area contributed by atoms with Gasteiger partial charge in [0.1, 0.15) is 5.75 Å². The quantitative estimate of drug-likeness (QED) is 0.829. The molecule has 0 saturated heterocycles. The van der Waals surface area contributed by atoms with Crippen LogP contribution in [0.15, 0.2) is 18.2 Å². The van der Waals surface area contributed by atoms with Crippen LogP contribution in [0.2, 0.25) is 0 Å². The van der Waals surface area contributed by atoms with Gasteiger partial charge in [-0.05, 0) is 55.0 Å². The van der Waals surface area contributed by atoms with Gasteiger partial charge in [0.05, 0.1) is 19.3 Å². The number of ether oxygens (including phenoxy) is 2. The van der Waals surface area contributed by atoms with Crippen LogP contribution in [0, 0.1) is 5.92 Å². The molecule has 1 N–H and O–H groups in total. The lowest BCUT2D eigenvalue weighted by molar-refractivity contribution is 0.0282. The number of nitrogens with one attached hydrogen (secondary N) is 1. The highest BCUT2D eigenvalue weighted by molar-refractivity contribution is 5.42. The molecule has 0 amide bonds. The Morgan fingerprint density at radius 2 is 2.15 bits per heavy atom. The molecular weight excluding hydrogens is 250 g/mol. The Kier molecular flexibility index (Phi) is 4.27. The molecule has 0 heterocycles. The molecule has 0 radical (unpaired) electrons. The van der Waals surface area contributed by atoms with Gasteiger partial charge in [0, 0.05) is 13.0 Å².